The predicted octanol–water partition coefficient (Wildman–Crippen LogP) is 4.36. The molecule has 1 rings (SSSR count). The van der Waals surface area contributed by atoms with Crippen LogP contribution in [0.3, 0.4) is 0 Å². The van der Waals surface area contributed by atoms with E-state index in [1.54, 1.807) is 6.92 Å². The summed E-state index contributed by atoms with van der Waals surface area (Å²) in [6, 6.07) is 0. The summed E-state index contributed by atoms with van der Waals surface area (Å²) in [5, 5.41) is 10.2. The molecule has 4 heteroatoms. The maximum atomic E-state index is 11.5. The van der Waals surface area contributed by atoms with E-state index in [4.69, 9.17) is 9.47 Å². The first-order valence-corrected chi connectivity index (χ1v) is 10.2. The molecule has 0 radical (unpaired) electrons. The lowest BCUT2D eigenvalue weighted by Crippen LogP contribution is -2.26. The highest BCUT2D eigenvalue weighted by molar-refractivity contribution is 5.86. The van der Waals surface area contributed by atoms with Gasteiger partial charge in [-0.3, -0.25) is 0 Å². The molecular formula is C23H36O4. The highest BCUT2D eigenvalue weighted by atomic mass is 16.5. The first-order valence-electron chi connectivity index (χ1n) is 10.2. The van der Waals surface area contributed by atoms with Crippen molar-refractivity contribution in [3.8, 4) is 5.75 Å². The van der Waals surface area contributed by atoms with Crippen LogP contribution in [0.4, 0.5) is 0 Å². The van der Waals surface area contributed by atoms with Crippen molar-refractivity contribution >= 4 is 5.97 Å². The highest BCUT2D eigenvalue weighted by Crippen LogP contribution is 2.36. The maximum absolute atomic E-state index is 11.5. The van der Waals surface area contributed by atoms with Crippen molar-refractivity contribution in [2.45, 2.75) is 79.8 Å². The zero-order valence-electron chi connectivity index (χ0n) is 17.9. The molecule has 1 unspecified atom stereocenters. The zero-order chi connectivity index (χ0) is 20.6. The van der Waals surface area contributed by atoms with Gasteiger partial charge in [-0.25, -0.2) is 4.79 Å². The van der Waals surface area contributed by atoms with Gasteiger partial charge in [0.15, 0.2) is 0 Å². The molecule has 0 aliphatic carbocycles. The number of aliphatic hydroxyl groups excluding tert-OH is 1. The largest absolute Gasteiger partial charge is 0.490 e. The summed E-state index contributed by atoms with van der Waals surface area (Å²) in [4.78, 5) is 11.5. The van der Waals surface area contributed by atoms with Gasteiger partial charge in [0, 0.05) is 5.57 Å². The molecule has 1 N–H and O–H groups in total. The van der Waals surface area contributed by atoms with Crippen LogP contribution in [-0.2, 0) is 41.6 Å². The molecular weight excluding hydrogens is 340 g/mol. The first kappa shape index (κ1) is 23.2. The monoisotopic (exact) mass is 376 g/mol. The number of hydrogen-bond acceptors (Lipinski definition) is 4. The van der Waals surface area contributed by atoms with E-state index in [1.807, 2.05) is 0 Å². The molecule has 0 fully saturated rings. The standard InChI is InChI=1S/C23H36O4/c1-8-17-18(9-2)20(11-4)22(21(12-5)19(17)10-3)26-13-16(24)14-27-23(25)15(6)7/h16,24H,6,8-14H2,1-5,7H3. The van der Waals surface area contributed by atoms with Gasteiger partial charge in [0.2, 0.25) is 0 Å². The minimum Gasteiger partial charge on any atom is -0.490 e. The second kappa shape index (κ2) is 11.1. The molecule has 0 aliphatic rings. The van der Waals surface area contributed by atoms with Crippen molar-refractivity contribution in [3.63, 3.8) is 0 Å². The molecule has 27 heavy (non-hydrogen) atoms. The van der Waals surface area contributed by atoms with Crippen LogP contribution in [0.2, 0.25) is 0 Å². The lowest BCUT2D eigenvalue weighted by Gasteiger charge is -2.25. The van der Waals surface area contributed by atoms with Crippen molar-refractivity contribution < 1.29 is 19.4 Å². The molecule has 0 amide bonds. The molecule has 152 valence electrons. The smallest absolute Gasteiger partial charge is 0.333 e. The summed E-state index contributed by atoms with van der Waals surface area (Å²) in [5.74, 6) is 0.419. The van der Waals surface area contributed by atoms with Gasteiger partial charge in [-0.1, -0.05) is 41.2 Å². The maximum Gasteiger partial charge on any atom is 0.333 e. The molecule has 0 spiro atoms. The van der Waals surface area contributed by atoms with E-state index < -0.39 is 12.1 Å². The van der Waals surface area contributed by atoms with E-state index in [1.165, 1.54) is 27.8 Å². The second-order valence-electron chi connectivity index (χ2n) is 6.83. The third-order valence-electron chi connectivity index (χ3n) is 4.95. The van der Waals surface area contributed by atoms with E-state index in [9.17, 15) is 9.90 Å². The van der Waals surface area contributed by atoms with Crippen molar-refractivity contribution in [2.75, 3.05) is 13.2 Å². The minimum atomic E-state index is -0.872. The number of ether oxygens (including phenoxy) is 2. The predicted molar refractivity (Wildman–Crippen MR) is 111 cm³/mol. The van der Waals surface area contributed by atoms with E-state index in [2.05, 4.69) is 41.2 Å². The lowest BCUT2D eigenvalue weighted by molar-refractivity contribution is -0.142. The quantitative estimate of drug-likeness (QED) is 0.461. The minimum absolute atomic E-state index is 0.0943. The second-order valence-corrected chi connectivity index (χ2v) is 6.83. The summed E-state index contributed by atoms with van der Waals surface area (Å²) in [6.45, 7) is 16.0. The van der Waals surface area contributed by atoms with Gasteiger partial charge in [0.1, 0.15) is 25.1 Å². The molecule has 1 aromatic rings. The Morgan fingerprint density at radius 1 is 0.852 bits per heavy atom. The van der Waals surface area contributed by atoms with E-state index >= 15 is 0 Å². The van der Waals surface area contributed by atoms with E-state index in [-0.39, 0.29) is 13.2 Å². The highest BCUT2D eigenvalue weighted by Gasteiger charge is 2.21. The van der Waals surface area contributed by atoms with Gasteiger partial charge in [-0.2, -0.15) is 0 Å². The Morgan fingerprint density at radius 2 is 1.26 bits per heavy atom. The third-order valence-corrected chi connectivity index (χ3v) is 4.95. The Kier molecular flexibility index (Phi) is 9.57. The number of hydrogen-bond donors (Lipinski definition) is 1. The number of carbonyl (C=O) groups excluding carboxylic acids is 1. The Hall–Kier alpha value is -1.81. The van der Waals surface area contributed by atoms with E-state index in [0.29, 0.717) is 5.57 Å². The molecule has 4 nitrogen and oxygen atoms in total. The number of benzene rings is 1. The molecule has 0 aromatic heterocycles. The Morgan fingerprint density at radius 3 is 1.63 bits per heavy atom. The van der Waals surface area contributed by atoms with Gasteiger partial charge < -0.3 is 14.6 Å². The van der Waals surface area contributed by atoms with Crippen LogP contribution in [0.15, 0.2) is 12.2 Å². The zero-order valence-corrected chi connectivity index (χ0v) is 17.9. The normalized spacial score (nSPS) is 12.0. The molecule has 1 aromatic carbocycles. The van der Waals surface area contributed by atoms with Crippen LogP contribution in [0, 0.1) is 0 Å². The summed E-state index contributed by atoms with van der Waals surface area (Å²) in [6.07, 6.45) is 3.87. The van der Waals surface area contributed by atoms with Gasteiger partial charge in [0.05, 0.1) is 0 Å². The van der Waals surface area contributed by atoms with Crippen molar-refractivity contribution in [2.24, 2.45) is 0 Å². The molecule has 0 bridgehead atoms. The Bertz CT molecular complexity index is 628. The van der Waals surface area contributed by atoms with Crippen LogP contribution < -0.4 is 4.74 Å². The topological polar surface area (TPSA) is 55.8 Å². The van der Waals surface area contributed by atoms with E-state index in [0.717, 1.165) is 37.9 Å². The Labute approximate surface area is 164 Å². The van der Waals surface area contributed by atoms with Gasteiger partial charge >= 0.3 is 5.97 Å². The number of carbonyl (C=O) groups is 1. The number of aliphatic hydroxyl groups is 1. The van der Waals surface area contributed by atoms with Gasteiger partial charge in [-0.15, -0.1) is 0 Å². The summed E-state index contributed by atoms with van der Waals surface area (Å²) in [5.41, 5.74) is 7.03. The molecule has 0 heterocycles. The fourth-order valence-electron chi connectivity index (χ4n) is 3.73. The molecule has 0 saturated heterocycles. The first-order chi connectivity index (χ1) is 12.9. The SMILES string of the molecule is C=C(C)C(=O)OCC(O)COc1c(CC)c(CC)c(CC)c(CC)c1CC. The lowest BCUT2D eigenvalue weighted by atomic mass is 9.85. The fraction of sp³-hybridized carbons (Fsp3) is 0.609. The van der Waals surface area contributed by atoms with Crippen molar-refractivity contribution in [1.29, 1.82) is 0 Å². The van der Waals surface area contributed by atoms with Gasteiger partial charge in [-0.05, 0) is 66.8 Å². The summed E-state index contributed by atoms with van der Waals surface area (Å²) in [7, 11) is 0. The fourth-order valence-corrected chi connectivity index (χ4v) is 3.73. The molecule has 0 aliphatic heterocycles. The average Bonchev–Trinajstić information content (AvgIpc) is 2.67. The van der Waals surface area contributed by atoms with Crippen LogP contribution in [-0.4, -0.2) is 30.4 Å². The summed E-state index contributed by atoms with van der Waals surface area (Å²) < 4.78 is 11.2. The van der Waals surface area contributed by atoms with Crippen LogP contribution in [0.25, 0.3) is 0 Å². The van der Waals surface area contributed by atoms with Crippen LogP contribution >= 0.6 is 0 Å². The van der Waals surface area contributed by atoms with Gasteiger partial charge in [0.25, 0.3) is 0 Å². The number of rotatable bonds is 11. The van der Waals surface area contributed by atoms with Crippen LogP contribution in [0.1, 0.15) is 69.4 Å². The third kappa shape index (κ3) is 5.58. The molecule has 1 atom stereocenters. The average molecular weight is 377 g/mol. The summed E-state index contributed by atoms with van der Waals surface area (Å²) >= 11 is 0. The number of esters is 1. The Balaban J connectivity index is 3.15. The van der Waals surface area contributed by atoms with Crippen LogP contribution in [0.5, 0.6) is 5.75 Å². The van der Waals surface area contributed by atoms with Crippen molar-refractivity contribution in [1.82, 2.24) is 0 Å². The van der Waals surface area contributed by atoms with Crippen molar-refractivity contribution in [3.05, 3.63) is 40.0 Å². The molecule has 0 saturated carbocycles.